The molecule has 0 saturated heterocycles. The van der Waals surface area contributed by atoms with Gasteiger partial charge in [0, 0.05) is 12.7 Å². The Kier molecular flexibility index (Phi) is 12.8. The molecule has 18 heavy (non-hydrogen) atoms. The highest BCUT2D eigenvalue weighted by Gasteiger charge is 2.03. The van der Waals surface area contributed by atoms with E-state index in [9.17, 15) is 0 Å². The van der Waals surface area contributed by atoms with Gasteiger partial charge >= 0.3 is 0 Å². The van der Waals surface area contributed by atoms with Gasteiger partial charge in [0.05, 0.1) is 0 Å². The molecule has 1 rings (SSSR count). The van der Waals surface area contributed by atoms with Gasteiger partial charge in [-0.2, -0.15) is 0 Å². The molecule has 0 aromatic carbocycles. The van der Waals surface area contributed by atoms with Crippen LogP contribution in [0.3, 0.4) is 0 Å². The quantitative estimate of drug-likeness (QED) is 0.487. The number of halogens is 1. The van der Waals surface area contributed by atoms with Crippen LogP contribution < -0.4 is 0 Å². The molecule has 0 spiro atoms. The third-order valence-electron chi connectivity index (χ3n) is 3.41. The van der Waals surface area contributed by atoms with Gasteiger partial charge < -0.3 is 9.64 Å². The fraction of sp³-hybridized carbons (Fsp3) is 0.867. The third-order valence-corrected chi connectivity index (χ3v) is 3.41. The first-order chi connectivity index (χ1) is 8.43. The molecular formula is C15H30ClNO. The van der Waals surface area contributed by atoms with Crippen LogP contribution in [-0.4, -0.2) is 18.2 Å². The maximum atomic E-state index is 5.14. The monoisotopic (exact) mass is 275 g/mol. The Hall–Kier alpha value is -0.370. The van der Waals surface area contributed by atoms with Crippen molar-refractivity contribution in [1.29, 1.82) is 0 Å². The van der Waals surface area contributed by atoms with Crippen LogP contribution in [0.1, 0.15) is 71.1 Å². The van der Waals surface area contributed by atoms with E-state index in [0.717, 1.165) is 13.3 Å². The summed E-state index contributed by atoms with van der Waals surface area (Å²) in [5.41, 5.74) is 0. The third kappa shape index (κ3) is 9.64. The highest BCUT2D eigenvalue weighted by atomic mass is 35.5. The minimum absolute atomic E-state index is 0. The molecule has 0 N–H and O–H groups in total. The molecule has 2 nitrogen and oxygen atoms in total. The molecule has 0 atom stereocenters. The Balaban J connectivity index is 0.00000289. The van der Waals surface area contributed by atoms with Gasteiger partial charge in [-0.3, -0.25) is 0 Å². The smallest absolute Gasteiger partial charge is 0.160 e. The van der Waals surface area contributed by atoms with Crippen LogP contribution in [0.25, 0.3) is 0 Å². The lowest BCUT2D eigenvalue weighted by Crippen LogP contribution is -2.16. The maximum absolute atomic E-state index is 5.14. The summed E-state index contributed by atoms with van der Waals surface area (Å²) in [5.74, 6) is 0. The van der Waals surface area contributed by atoms with E-state index < -0.39 is 0 Å². The molecule has 1 aliphatic rings. The minimum atomic E-state index is 0. The SMILES string of the molecule is CCCCCCCCCCCCN1C=COC1.Cl. The van der Waals surface area contributed by atoms with Crippen molar-refractivity contribution >= 4 is 12.4 Å². The van der Waals surface area contributed by atoms with Crippen LogP contribution in [0, 0.1) is 0 Å². The van der Waals surface area contributed by atoms with Crippen LogP contribution in [0.15, 0.2) is 12.5 Å². The lowest BCUT2D eigenvalue weighted by atomic mass is 10.1. The summed E-state index contributed by atoms with van der Waals surface area (Å²) in [6, 6.07) is 0. The highest BCUT2D eigenvalue weighted by molar-refractivity contribution is 5.85. The van der Waals surface area contributed by atoms with Gasteiger partial charge in [-0.25, -0.2) is 0 Å². The zero-order chi connectivity index (χ0) is 12.2. The van der Waals surface area contributed by atoms with Gasteiger partial charge in [0.2, 0.25) is 0 Å². The summed E-state index contributed by atoms with van der Waals surface area (Å²) in [6.07, 6.45) is 17.9. The fourth-order valence-electron chi connectivity index (χ4n) is 2.25. The van der Waals surface area contributed by atoms with E-state index >= 15 is 0 Å². The van der Waals surface area contributed by atoms with Gasteiger partial charge in [-0.1, -0.05) is 64.7 Å². The van der Waals surface area contributed by atoms with E-state index in [2.05, 4.69) is 11.8 Å². The van der Waals surface area contributed by atoms with Crippen LogP contribution in [0.4, 0.5) is 0 Å². The summed E-state index contributed by atoms with van der Waals surface area (Å²) in [7, 11) is 0. The second-order valence-electron chi connectivity index (χ2n) is 5.08. The molecule has 1 aliphatic heterocycles. The summed E-state index contributed by atoms with van der Waals surface area (Å²) in [4.78, 5) is 2.24. The average Bonchev–Trinajstić information content (AvgIpc) is 2.85. The first-order valence-corrected chi connectivity index (χ1v) is 7.46. The first-order valence-electron chi connectivity index (χ1n) is 7.46. The zero-order valence-electron chi connectivity index (χ0n) is 11.9. The zero-order valence-corrected chi connectivity index (χ0v) is 12.7. The van der Waals surface area contributed by atoms with Gasteiger partial charge in [0.25, 0.3) is 0 Å². The summed E-state index contributed by atoms with van der Waals surface area (Å²) >= 11 is 0. The predicted molar refractivity (Wildman–Crippen MR) is 80.9 cm³/mol. The maximum Gasteiger partial charge on any atom is 0.160 e. The van der Waals surface area contributed by atoms with Crippen molar-refractivity contribution in [2.45, 2.75) is 71.1 Å². The lowest BCUT2D eigenvalue weighted by molar-refractivity contribution is 0.169. The molecule has 3 heteroatoms. The lowest BCUT2D eigenvalue weighted by Gasteiger charge is -2.12. The normalized spacial score (nSPS) is 13.5. The van der Waals surface area contributed by atoms with Crippen LogP contribution in [0.5, 0.6) is 0 Å². The summed E-state index contributed by atoms with van der Waals surface area (Å²) in [6.45, 7) is 4.20. The standard InChI is InChI=1S/C15H29NO.ClH/c1-2-3-4-5-6-7-8-9-10-11-12-16-13-14-17-15-16;/h13-14H,2-12,15H2,1H3;1H. The molecule has 0 amide bonds. The molecular weight excluding hydrogens is 246 g/mol. The molecule has 0 aromatic rings. The molecule has 0 unspecified atom stereocenters. The Morgan fingerprint density at radius 1 is 0.889 bits per heavy atom. The van der Waals surface area contributed by atoms with Crippen molar-refractivity contribution in [2.24, 2.45) is 0 Å². The second-order valence-corrected chi connectivity index (χ2v) is 5.08. The van der Waals surface area contributed by atoms with E-state index in [-0.39, 0.29) is 12.4 Å². The van der Waals surface area contributed by atoms with E-state index in [1.807, 2.05) is 6.20 Å². The summed E-state index contributed by atoms with van der Waals surface area (Å²) in [5, 5.41) is 0. The predicted octanol–water partition coefficient (Wildman–Crippen LogP) is 5.09. The molecule has 0 saturated carbocycles. The number of unbranched alkanes of at least 4 members (excludes halogenated alkanes) is 9. The number of nitrogens with zero attached hydrogens (tertiary/aromatic N) is 1. The van der Waals surface area contributed by atoms with E-state index in [1.165, 1.54) is 64.2 Å². The number of hydrogen-bond acceptors (Lipinski definition) is 2. The van der Waals surface area contributed by atoms with Gasteiger partial charge in [0.15, 0.2) is 6.73 Å². The van der Waals surface area contributed by atoms with E-state index in [0.29, 0.717) is 0 Å². The topological polar surface area (TPSA) is 12.5 Å². The molecule has 0 bridgehead atoms. The molecule has 1 heterocycles. The van der Waals surface area contributed by atoms with Crippen LogP contribution in [-0.2, 0) is 4.74 Å². The first kappa shape index (κ1) is 17.6. The fourth-order valence-corrected chi connectivity index (χ4v) is 2.25. The second kappa shape index (κ2) is 13.1. The number of rotatable bonds is 11. The van der Waals surface area contributed by atoms with Crippen molar-refractivity contribution in [3.05, 3.63) is 12.5 Å². The molecule has 108 valence electrons. The van der Waals surface area contributed by atoms with Crippen molar-refractivity contribution in [3.63, 3.8) is 0 Å². The van der Waals surface area contributed by atoms with Crippen molar-refractivity contribution < 1.29 is 4.74 Å². The number of hydrogen-bond donors (Lipinski definition) is 0. The molecule has 0 aliphatic carbocycles. The minimum Gasteiger partial charge on any atom is -0.479 e. The molecule has 0 fully saturated rings. The van der Waals surface area contributed by atoms with Crippen LogP contribution in [0.2, 0.25) is 0 Å². The Morgan fingerprint density at radius 2 is 1.44 bits per heavy atom. The van der Waals surface area contributed by atoms with Crippen molar-refractivity contribution in [1.82, 2.24) is 4.90 Å². The molecule has 0 radical (unpaired) electrons. The Bertz CT molecular complexity index is 197. The van der Waals surface area contributed by atoms with E-state index in [1.54, 1.807) is 6.26 Å². The Labute approximate surface area is 119 Å². The van der Waals surface area contributed by atoms with Crippen molar-refractivity contribution in [3.8, 4) is 0 Å². The summed E-state index contributed by atoms with van der Waals surface area (Å²) < 4.78 is 5.14. The Morgan fingerprint density at radius 3 is 1.94 bits per heavy atom. The average molecular weight is 276 g/mol. The van der Waals surface area contributed by atoms with E-state index in [4.69, 9.17) is 4.74 Å². The van der Waals surface area contributed by atoms with Gasteiger partial charge in [-0.05, 0) is 6.42 Å². The largest absolute Gasteiger partial charge is 0.479 e. The van der Waals surface area contributed by atoms with Crippen LogP contribution >= 0.6 is 12.4 Å². The van der Waals surface area contributed by atoms with Gasteiger partial charge in [0.1, 0.15) is 6.26 Å². The van der Waals surface area contributed by atoms with Gasteiger partial charge in [-0.15, -0.1) is 12.4 Å². The highest BCUT2D eigenvalue weighted by Crippen LogP contribution is 2.11. The number of ether oxygens (including phenoxy) is 1. The van der Waals surface area contributed by atoms with Crippen molar-refractivity contribution in [2.75, 3.05) is 13.3 Å². The molecule has 0 aromatic heterocycles.